The minimum absolute atomic E-state index is 0.0513. The van der Waals surface area contributed by atoms with Crippen molar-refractivity contribution in [3.05, 3.63) is 36.4 Å². The fourth-order valence-electron chi connectivity index (χ4n) is 2.93. The third-order valence-corrected chi connectivity index (χ3v) is 5.34. The van der Waals surface area contributed by atoms with Gasteiger partial charge in [-0.05, 0) is 43.5 Å². The van der Waals surface area contributed by atoms with Crippen LogP contribution in [0.2, 0.25) is 0 Å². The molecule has 1 N–H and O–H groups in total. The summed E-state index contributed by atoms with van der Waals surface area (Å²) in [4.78, 5) is 30.1. The summed E-state index contributed by atoms with van der Waals surface area (Å²) in [7, 11) is 1.60. The Kier molecular flexibility index (Phi) is 5.43. The molecule has 1 amide bonds. The molecule has 6 nitrogen and oxygen atoms in total. The number of ether oxygens (including phenoxy) is 1. The van der Waals surface area contributed by atoms with Crippen LogP contribution in [0.3, 0.4) is 0 Å². The van der Waals surface area contributed by atoms with Gasteiger partial charge in [-0.3, -0.25) is 14.5 Å². The van der Waals surface area contributed by atoms with E-state index >= 15 is 0 Å². The van der Waals surface area contributed by atoms with Gasteiger partial charge in [0.25, 0.3) is 0 Å². The highest BCUT2D eigenvalue weighted by Crippen LogP contribution is 2.35. The summed E-state index contributed by atoms with van der Waals surface area (Å²) in [6.45, 7) is 0. The maximum atomic E-state index is 12.7. The summed E-state index contributed by atoms with van der Waals surface area (Å²) in [5.41, 5.74) is 0.705. The number of amides is 1. The van der Waals surface area contributed by atoms with Crippen LogP contribution in [0.4, 0.5) is 5.69 Å². The second-order valence-corrected chi connectivity index (χ2v) is 7.10. The molecule has 1 fully saturated rings. The molecule has 1 aromatic carbocycles. The van der Waals surface area contributed by atoms with Crippen LogP contribution < -0.4 is 4.74 Å². The molecule has 0 unspecified atom stereocenters. The standard InChI is InChI=1S/C18H20N2O4S/c1-24-14-9-7-12(8-10-14)19-18-20(13-5-3-2-4-6-13)17(23)15(25-18)11-16(21)22/h3,5,7-10,13,15H,2,4,6,11H2,1H3,(H,21,22)/t13-,15+/m1/s1. The van der Waals surface area contributed by atoms with Crippen LogP contribution in [-0.4, -0.2) is 45.5 Å². The van der Waals surface area contributed by atoms with Gasteiger partial charge >= 0.3 is 5.97 Å². The number of benzene rings is 1. The Morgan fingerprint density at radius 2 is 2.16 bits per heavy atom. The number of hydrogen-bond donors (Lipinski definition) is 1. The van der Waals surface area contributed by atoms with Crippen LogP contribution in [0.15, 0.2) is 41.4 Å². The summed E-state index contributed by atoms with van der Waals surface area (Å²) in [6, 6.07) is 7.19. The van der Waals surface area contributed by atoms with Gasteiger partial charge in [0.2, 0.25) is 5.91 Å². The summed E-state index contributed by atoms with van der Waals surface area (Å²) in [5.74, 6) is -0.415. The Balaban J connectivity index is 1.90. The number of allylic oxidation sites excluding steroid dienone is 1. The zero-order chi connectivity index (χ0) is 17.8. The fraction of sp³-hybridized carbons (Fsp3) is 0.389. The van der Waals surface area contributed by atoms with E-state index in [2.05, 4.69) is 11.1 Å². The molecule has 1 heterocycles. The first-order valence-electron chi connectivity index (χ1n) is 8.19. The van der Waals surface area contributed by atoms with Crippen molar-refractivity contribution in [3.63, 3.8) is 0 Å². The first-order valence-corrected chi connectivity index (χ1v) is 9.07. The smallest absolute Gasteiger partial charge is 0.305 e. The maximum Gasteiger partial charge on any atom is 0.305 e. The molecule has 7 heteroatoms. The number of aliphatic carboxylic acids is 1. The topological polar surface area (TPSA) is 79.2 Å². The van der Waals surface area contributed by atoms with E-state index in [9.17, 15) is 9.59 Å². The number of amidine groups is 1. The van der Waals surface area contributed by atoms with Gasteiger partial charge < -0.3 is 9.84 Å². The van der Waals surface area contributed by atoms with E-state index in [1.807, 2.05) is 18.2 Å². The van der Waals surface area contributed by atoms with Crippen LogP contribution in [0.25, 0.3) is 0 Å². The van der Waals surface area contributed by atoms with E-state index in [0.717, 1.165) is 25.0 Å². The largest absolute Gasteiger partial charge is 0.497 e. The van der Waals surface area contributed by atoms with Crippen LogP contribution in [0.1, 0.15) is 25.7 Å². The number of carbonyl (C=O) groups excluding carboxylic acids is 1. The lowest BCUT2D eigenvalue weighted by Crippen LogP contribution is -2.41. The lowest BCUT2D eigenvalue weighted by atomic mass is 10.0. The number of rotatable bonds is 5. The summed E-state index contributed by atoms with van der Waals surface area (Å²) in [5, 5.41) is 9.02. The van der Waals surface area contributed by atoms with Gasteiger partial charge in [-0.2, -0.15) is 0 Å². The minimum Gasteiger partial charge on any atom is -0.497 e. The molecule has 132 valence electrons. The molecular weight excluding hydrogens is 340 g/mol. The molecule has 1 aliphatic carbocycles. The predicted molar refractivity (Wildman–Crippen MR) is 97.3 cm³/mol. The number of methoxy groups -OCH3 is 1. The van der Waals surface area contributed by atoms with E-state index < -0.39 is 11.2 Å². The number of hydrogen-bond acceptors (Lipinski definition) is 5. The molecule has 0 spiro atoms. The molecule has 1 saturated heterocycles. The normalized spacial score (nSPS) is 24.8. The number of carbonyl (C=O) groups is 2. The van der Waals surface area contributed by atoms with Crippen molar-refractivity contribution >= 4 is 34.5 Å². The molecule has 1 aromatic rings. The third-order valence-electron chi connectivity index (χ3n) is 4.18. The number of carboxylic acid groups (broad SMARTS) is 1. The van der Waals surface area contributed by atoms with E-state index in [1.54, 1.807) is 24.1 Å². The van der Waals surface area contributed by atoms with Gasteiger partial charge in [0.15, 0.2) is 5.17 Å². The number of nitrogens with zero attached hydrogens (tertiary/aromatic N) is 2. The fourth-order valence-corrected chi connectivity index (χ4v) is 4.13. The Labute approximate surface area is 150 Å². The lowest BCUT2D eigenvalue weighted by Gasteiger charge is -2.27. The molecule has 2 aliphatic rings. The quantitative estimate of drug-likeness (QED) is 0.816. The van der Waals surface area contributed by atoms with Crippen molar-refractivity contribution in [2.24, 2.45) is 4.99 Å². The van der Waals surface area contributed by atoms with Crippen molar-refractivity contribution in [2.45, 2.75) is 37.0 Å². The Morgan fingerprint density at radius 3 is 2.76 bits per heavy atom. The highest BCUT2D eigenvalue weighted by molar-refractivity contribution is 8.15. The van der Waals surface area contributed by atoms with E-state index in [-0.39, 0.29) is 18.4 Å². The Bertz CT molecular complexity index is 714. The molecule has 0 radical (unpaired) electrons. The third kappa shape index (κ3) is 4.04. The second-order valence-electron chi connectivity index (χ2n) is 5.93. The summed E-state index contributed by atoms with van der Waals surface area (Å²) < 4.78 is 5.14. The van der Waals surface area contributed by atoms with Crippen molar-refractivity contribution in [1.82, 2.24) is 4.90 Å². The number of carboxylic acids is 1. The van der Waals surface area contributed by atoms with Crippen LogP contribution in [-0.2, 0) is 9.59 Å². The SMILES string of the molecule is COc1ccc(N=C2S[C@@H](CC(=O)O)C(=O)N2[C@@H]2C=CCCC2)cc1. The van der Waals surface area contributed by atoms with Gasteiger partial charge in [0.05, 0.1) is 25.3 Å². The van der Waals surface area contributed by atoms with Crippen molar-refractivity contribution < 1.29 is 19.4 Å². The van der Waals surface area contributed by atoms with Crippen molar-refractivity contribution in [1.29, 1.82) is 0 Å². The zero-order valence-electron chi connectivity index (χ0n) is 13.9. The monoisotopic (exact) mass is 360 g/mol. The number of thioether (sulfide) groups is 1. The summed E-state index contributed by atoms with van der Waals surface area (Å²) >= 11 is 1.23. The molecule has 1 aliphatic heterocycles. The van der Waals surface area contributed by atoms with Gasteiger partial charge in [-0.25, -0.2) is 4.99 Å². The van der Waals surface area contributed by atoms with E-state index in [0.29, 0.717) is 10.9 Å². The highest BCUT2D eigenvalue weighted by Gasteiger charge is 2.42. The Morgan fingerprint density at radius 1 is 1.40 bits per heavy atom. The molecule has 25 heavy (non-hydrogen) atoms. The average molecular weight is 360 g/mol. The molecule has 0 bridgehead atoms. The molecule has 2 atom stereocenters. The Hall–Kier alpha value is -2.28. The van der Waals surface area contributed by atoms with Crippen LogP contribution >= 0.6 is 11.8 Å². The second kappa shape index (κ2) is 7.74. The van der Waals surface area contributed by atoms with Gasteiger partial charge in [0, 0.05) is 0 Å². The molecular formula is C18H20N2O4S. The van der Waals surface area contributed by atoms with E-state index in [4.69, 9.17) is 9.84 Å². The van der Waals surface area contributed by atoms with Crippen molar-refractivity contribution in [3.8, 4) is 5.75 Å². The average Bonchev–Trinajstić information content (AvgIpc) is 2.91. The molecule has 0 saturated carbocycles. The molecule has 3 rings (SSSR count). The first-order chi connectivity index (χ1) is 12.1. The van der Waals surface area contributed by atoms with E-state index in [1.165, 1.54) is 11.8 Å². The molecule has 0 aromatic heterocycles. The lowest BCUT2D eigenvalue weighted by molar-refractivity contribution is -0.139. The predicted octanol–water partition coefficient (Wildman–Crippen LogP) is 3.21. The maximum absolute atomic E-state index is 12.7. The van der Waals surface area contributed by atoms with Gasteiger partial charge in [0.1, 0.15) is 11.0 Å². The highest BCUT2D eigenvalue weighted by atomic mass is 32.2. The minimum atomic E-state index is -0.976. The number of aliphatic imine (C=N–C) groups is 1. The van der Waals surface area contributed by atoms with Gasteiger partial charge in [-0.1, -0.05) is 23.9 Å². The van der Waals surface area contributed by atoms with Crippen LogP contribution in [0.5, 0.6) is 5.75 Å². The van der Waals surface area contributed by atoms with Crippen molar-refractivity contribution in [2.75, 3.05) is 7.11 Å². The zero-order valence-corrected chi connectivity index (χ0v) is 14.7. The van der Waals surface area contributed by atoms with Gasteiger partial charge in [-0.15, -0.1) is 0 Å². The first kappa shape index (κ1) is 17.5. The summed E-state index contributed by atoms with van der Waals surface area (Å²) in [6.07, 6.45) is 6.78. The van der Waals surface area contributed by atoms with Crippen LogP contribution in [0, 0.1) is 0 Å².